The summed E-state index contributed by atoms with van der Waals surface area (Å²) in [7, 11) is 0. The predicted molar refractivity (Wildman–Crippen MR) is 82.4 cm³/mol. The second kappa shape index (κ2) is 8.55. The Morgan fingerprint density at radius 3 is 2.83 bits per heavy atom. The van der Waals surface area contributed by atoms with Crippen molar-refractivity contribution < 1.29 is 23.0 Å². The van der Waals surface area contributed by atoms with Crippen LogP contribution in [0.5, 0.6) is 5.75 Å². The van der Waals surface area contributed by atoms with Gasteiger partial charge >= 0.3 is 6.18 Å². The molecule has 1 fully saturated rings. The lowest BCUT2D eigenvalue weighted by molar-refractivity contribution is -0.137. The average Bonchev–Trinajstić information content (AvgIpc) is 2.54. The molecule has 0 bridgehead atoms. The van der Waals surface area contributed by atoms with Crippen LogP contribution in [0.15, 0.2) is 24.3 Å². The standard InChI is InChI=1S/C17H24F3NO2/c18-17(19,20)15-6-3-7-16(11-15)23-10-2-1-8-21-9-4-5-14(12-21)13-22/h3,6-7,11,14,22H,1-2,4-5,8-10,12-13H2. The summed E-state index contributed by atoms with van der Waals surface area (Å²) in [6.45, 7) is 3.60. The summed E-state index contributed by atoms with van der Waals surface area (Å²) >= 11 is 0. The number of nitrogens with zero attached hydrogens (tertiary/aromatic N) is 1. The van der Waals surface area contributed by atoms with E-state index >= 15 is 0 Å². The smallest absolute Gasteiger partial charge is 0.416 e. The van der Waals surface area contributed by atoms with Gasteiger partial charge in [0.25, 0.3) is 0 Å². The van der Waals surface area contributed by atoms with Crippen molar-refractivity contribution in [2.45, 2.75) is 31.9 Å². The molecule has 1 N–H and O–H groups in total. The number of halogens is 3. The quantitative estimate of drug-likeness (QED) is 0.776. The molecule has 1 aromatic rings. The van der Waals surface area contributed by atoms with Gasteiger partial charge in [-0.1, -0.05) is 6.07 Å². The molecule has 1 aromatic carbocycles. The predicted octanol–water partition coefficient (Wildman–Crippen LogP) is 3.57. The minimum absolute atomic E-state index is 0.245. The third-order valence-electron chi connectivity index (χ3n) is 4.16. The van der Waals surface area contributed by atoms with E-state index in [0.29, 0.717) is 12.5 Å². The first kappa shape index (κ1) is 18.1. The lowest BCUT2D eigenvalue weighted by Crippen LogP contribution is -2.37. The second-order valence-electron chi connectivity index (χ2n) is 6.07. The molecule has 1 aliphatic heterocycles. The van der Waals surface area contributed by atoms with Crippen LogP contribution in [-0.2, 0) is 6.18 Å². The van der Waals surface area contributed by atoms with Gasteiger partial charge in [0.2, 0.25) is 0 Å². The van der Waals surface area contributed by atoms with E-state index in [2.05, 4.69) is 4.90 Å². The molecule has 1 saturated heterocycles. The normalized spacial score (nSPS) is 19.7. The minimum Gasteiger partial charge on any atom is -0.494 e. The highest BCUT2D eigenvalue weighted by atomic mass is 19.4. The number of piperidine rings is 1. The Balaban J connectivity index is 1.66. The van der Waals surface area contributed by atoms with Crippen LogP contribution in [0.1, 0.15) is 31.2 Å². The Kier molecular flexibility index (Phi) is 6.72. The van der Waals surface area contributed by atoms with Gasteiger partial charge in [-0.15, -0.1) is 0 Å². The monoisotopic (exact) mass is 331 g/mol. The van der Waals surface area contributed by atoms with Crippen molar-refractivity contribution in [1.29, 1.82) is 0 Å². The van der Waals surface area contributed by atoms with Crippen LogP contribution in [0.4, 0.5) is 13.2 Å². The fourth-order valence-corrected chi connectivity index (χ4v) is 2.89. The zero-order valence-corrected chi connectivity index (χ0v) is 13.2. The Hall–Kier alpha value is -1.27. The van der Waals surface area contributed by atoms with E-state index in [1.807, 2.05) is 0 Å². The molecule has 6 heteroatoms. The number of unbranched alkanes of at least 4 members (excludes halogenated alkanes) is 1. The van der Waals surface area contributed by atoms with Crippen LogP contribution in [0, 0.1) is 5.92 Å². The molecular weight excluding hydrogens is 307 g/mol. The minimum atomic E-state index is -4.34. The number of aliphatic hydroxyl groups is 1. The van der Waals surface area contributed by atoms with E-state index in [-0.39, 0.29) is 12.4 Å². The van der Waals surface area contributed by atoms with Crippen LogP contribution >= 0.6 is 0 Å². The molecule has 0 radical (unpaired) electrons. The van der Waals surface area contributed by atoms with E-state index in [4.69, 9.17) is 4.74 Å². The van der Waals surface area contributed by atoms with Crippen molar-refractivity contribution in [2.75, 3.05) is 32.8 Å². The van der Waals surface area contributed by atoms with Gasteiger partial charge in [-0.05, 0) is 62.9 Å². The van der Waals surface area contributed by atoms with Gasteiger partial charge in [-0.25, -0.2) is 0 Å². The first-order valence-electron chi connectivity index (χ1n) is 8.12. The zero-order chi connectivity index (χ0) is 16.7. The molecule has 2 rings (SSSR count). The number of hydrogen-bond acceptors (Lipinski definition) is 3. The van der Waals surface area contributed by atoms with E-state index in [1.54, 1.807) is 6.07 Å². The summed E-state index contributed by atoms with van der Waals surface area (Å²) in [6, 6.07) is 4.99. The molecule has 0 amide bonds. The van der Waals surface area contributed by atoms with Crippen molar-refractivity contribution in [3.63, 3.8) is 0 Å². The third kappa shape index (κ3) is 6.03. The second-order valence-corrected chi connectivity index (χ2v) is 6.07. The van der Waals surface area contributed by atoms with Crippen LogP contribution in [0.2, 0.25) is 0 Å². The maximum Gasteiger partial charge on any atom is 0.416 e. The average molecular weight is 331 g/mol. The zero-order valence-electron chi connectivity index (χ0n) is 13.2. The molecule has 1 aliphatic rings. The van der Waals surface area contributed by atoms with Gasteiger partial charge in [-0.2, -0.15) is 13.2 Å². The lowest BCUT2D eigenvalue weighted by atomic mass is 9.99. The maximum atomic E-state index is 12.6. The summed E-state index contributed by atoms with van der Waals surface area (Å²) in [5.74, 6) is 0.642. The third-order valence-corrected chi connectivity index (χ3v) is 4.16. The largest absolute Gasteiger partial charge is 0.494 e. The topological polar surface area (TPSA) is 32.7 Å². The van der Waals surface area contributed by atoms with Gasteiger partial charge in [0, 0.05) is 13.2 Å². The summed E-state index contributed by atoms with van der Waals surface area (Å²) in [4.78, 5) is 2.34. The SMILES string of the molecule is OCC1CCCN(CCCCOc2cccc(C(F)(F)F)c2)C1. The molecule has 0 aliphatic carbocycles. The van der Waals surface area contributed by atoms with Crippen molar-refractivity contribution in [3.8, 4) is 5.75 Å². The summed E-state index contributed by atoms with van der Waals surface area (Å²) < 4.78 is 43.2. The van der Waals surface area contributed by atoms with Gasteiger partial charge < -0.3 is 14.7 Å². The van der Waals surface area contributed by atoms with Crippen LogP contribution in [-0.4, -0.2) is 42.9 Å². The van der Waals surface area contributed by atoms with E-state index < -0.39 is 11.7 Å². The molecule has 0 aromatic heterocycles. The first-order chi connectivity index (χ1) is 11.0. The number of ether oxygens (including phenoxy) is 1. The molecule has 1 heterocycles. The van der Waals surface area contributed by atoms with Gasteiger partial charge in [0.15, 0.2) is 0 Å². The van der Waals surface area contributed by atoms with Gasteiger partial charge in [0.05, 0.1) is 12.2 Å². The number of likely N-dealkylation sites (tertiary alicyclic amines) is 1. The van der Waals surface area contributed by atoms with E-state index in [1.165, 1.54) is 6.07 Å². The fraction of sp³-hybridized carbons (Fsp3) is 0.647. The number of aliphatic hydroxyl groups excluding tert-OH is 1. The van der Waals surface area contributed by atoms with E-state index in [0.717, 1.165) is 57.5 Å². The Morgan fingerprint density at radius 2 is 2.09 bits per heavy atom. The highest BCUT2D eigenvalue weighted by Crippen LogP contribution is 2.31. The molecular formula is C17H24F3NO2. The number of rotatable bonds is 7. The van der Waals surface area contributed by atoms with E-state index in [9.17, 15) is 18.3 Å². The molecule has 1 atom stereocenters. The van der Waals surface area contributed by atoms with Crippen LogP contribution < -0.4 is 4.74 Å². The molecule has 1 unspecified atom stereocenters. The highest BCUT2D eigenvalue weighted by molar-refractivity contribution is 5.30. The number of hydrogen-bond donors (Lipinski definition) is 1. The number of benzene rings is 1. The summed E-state index contributed by atoms with van der Waals surface area (Å²) in [5, 5.41) is 9.20. The van der Waals surface area contributed by atoms with Gasteiger partial charge in [0.1, 0.15) is 5.75 Å². The van der Waals surface area contributed by atoms with Crippen LogP contribution in [0.3, 0.4) is 0 Å². The highest BCUT2D eigenvalue weighted by Gasteiger charge is 2.30. The Bertz CT molecular complexity index is 479. The van der Waals surface area contributed by atoms with Crippen molar-refractivity contribution in [3.05, 3.63) is 29.8 Å². The fourth-order valence-electron chi connectivity index (χ4n) is 2.89. The number of alkyl halides is 3. The maximum absolute atomic E-state index is 12.6. The molecule has 130 valence electrons. The lowest BCUT2D eigenvalue weighted by Gasteiger charge is -2.31. The van der Waals surface area contributed by atoms with Crippen molar-refractivity contribution >= 4 is 0 Å². The van der Waals surface area contributed by atoms with Crippen LogP contribution in [0.25, 0.3) is 0 Å². The van der Waals surface area contributed by atoms with Crippen molar-refractivity contribution in [1.82, 2.24) is 4.90 Å². The first-order valence-corrected chi connectivity index (χ1v) is 8.12. The molecule has 0 saturated carbocycles. The summed E-state index contributed by atoms with van der Waals surface area (Å²) in [5.41, 5.74) is -0.682. The Labute approximate surface area is 135 Å². The summed E-state index contributed by atoms with van der Waals surface area (Å²) in [6.07, 6.45) is -0.387. The molecule has 23 heavy (non-hydrogen) atoms. The van der Waals surface area contributed by atoms with Gasteiger partial charge in [-0.3, -0.25) is 0 Å². The van der Waals surface area contributed by atoms with Crippen molar-refractivity contribution in [2.24, 2.45) is 5.92 Å². The molecule has 0 spiro atoms. The molecule has 3 nitrogen and oxygen atoms in total. The Morgan fingerprint density at radius 1 is 1.26 bits per heavy atom.